The van der Waals surface area contributed by atoms with E-state index in [0.29, 0.717) is 11.6 Å². The highest BCUT2D eigenvalue weighted by Gasteiger charge is 2.26. The van der Waals surface area contributed by atoms with Gasteiger partial charge in [-0.05, 0) is 45.0 Å². The van der Waals surface area contributed by atoms with Crippen LogP contribution in [0, 0.1) is 12.8 Å². The van der Waals surface area contributed by atoms with Crippen molar-refractivity contribution in [3.05, 3.63) is 70.7 Å². The number of amides is 1. The van der Waals surface area contributed by atoms with Crippen LogP contribution < -0.4 is 5.32 Å². The van der Waals surface area contributed by atoms with Gasteiger partial charge in [-0.1, -0.05) is 42.5 Å². The fourth-order valence-corrected chi connectivity index (χ4v) is 4.80. The Hall–Kier alpha value is -3.36. The lowest BCUT2D eigenvalue weighted by Crippen LogP contribution is -2.37. The van der Waals surface area contributed by atoms with Crippen molar-refractivity contribution in [1.29, 1.82) is 0 Å². The van der Waals surface area contributed by atoms with Crippen molar-refractivity contribution < 1.29 is 4.79 Å². The smallest absolute Gasteiger partial charge is 0.227 e. The average molecular weight is 459 g/mol. The van der Waals surface area contributed by atoms with E-state index in [0.717, 1.165) is 60.0 Å². The molecule has 0 atom stereocenters. The first kappa shape index (κ1) is 21.5. The number of thiazole rings is 1. The first-order valence-corrected chi connectivity index (χ1v) is 12.0. The number of H-pyrrole nitrogens is 1. The van der Waals surface area contributed by atoms with Crippen molar-refractivity contribution in [2.75, 3.05) is 18.4 Å². The molecular weight excluding hydrogens is 432 g/mol. The van der Waals surface area contributed by atoms with Gasteiger partial charge in [-0.3, -0.25) is 14.8 Å². The van der Waals surface area contributed by atoms with E-state index < -0.39 is 0 Å². The van der Waals surface area contributed by atoms with Crippen LogP contribution in [0.15, 0.2) is 60.0 Å². The van der Waals surface area contributed by atoms with Gasteiger partial charge in [0.25, 0.3) is 0 Å². The predicted molar refractivity (Wildman–Crippen MR) is 131 cm³/mol. The third-order valence-electron chi connectivity index (χ3n) is 5.97. The van der Waals surface area contributed by atoms with Crippen LogP contribution in [0.1, 0.15) is 23.5 Å². The fourth-order valence-electron chi connectivity index (χ4n) is 4.20. The summed E-state index contributed by atoms with van der Waals surface area (Å²) in [5.74, 6) is 1.34. The Morgan fingerprint density at radius 1 is 1.09 bits per heavy atom. The van der Waals surface area contributed by atoms with E-state index in [1.54, 1.807) is 11.3 Å². The normalized spacial score (nSPS) is 14.9. The molecule has 1 saturated heterocycles. The Balaban J connectivity index is 1.23. The van der Waals surface area contributed by atoms with E-state index >= 15 is 0 Å². The predicted octanol–water partition coefficient (Wildman–Crippen LogP) is 4.75. The van der Waals surface area contributed by atoms with Crippen molar-refractivity contribution >= 4 is 22.9 Å². The summed E-state index contributed by atoms with van der Waals surface area (Å²) in [4.78, 5) is 24.7. The minimum atomic E-state index is 0.00100. The van der Waals surface area contributed by atoms with Crippen molar-refractivity contribution in [1.82, 2.24) is 25.1 Å². The molecule has 0 spiro atoms. The molecule has 2 aromatic heterocycles. The molecule has 8 heteroatoms. The van der Waals surface area contributed by atoms with Crippen molar-refractivity contribution in [3.63, 3.8) is 0 Å². The number of hydrogen-bond acceptors (Lipinski definition) is 6. The van der Waals surface area contributed by atoms with Gasteiger partial charge in [0.2, 0.25) is 5.91 Å². The number of para-hydroxylation sites is 1. The molecule has 1 fully saturated rings. The quantitative estimate of drug-likeness (QED) is 0.435. The topological polar surface area (TPSA) is 86.8 Å². The molecule has 0 unspecified atom stereocenters. The van der Waals surface area contributed by atoms with Crippen LogP contribution in [0.5, 0.6) is 0 Å². The maximum absolute atomic E-state index is 13.1. The molecule has 7 nitrogen and oxygen atoms in total. The van der Waals surface area contributed by atoms with Gasteiger partial charge in [0.05, 0.1) is 16.4 Å². The number of nitrogens with one attached hydrogen (secondary N) is 2. The summed E-state index contributed by atoms with van der Waals surface area (Å²) in [6, 6.07) is 17.6. The number of rotatable bonds is 6. The Kier molecular flexibility index (Phi) is 6.28. The SMILES string of the molecule is Cc1nc(CN2CCC(C(=O)Nc3ccccc3-c3nc(-c4ccccc4)n[nH]3)CC2)cs1. The molecule has 3 heterocycles. The second-order valence-corrected chi connectivity index (χ2v) is 9.38. The highest BCUT2D eigenvalue weighted by atomic mass is 32.1. The first-order chi connectivity index (χ1) is 16.2. The minimum absolute atomic E-state index is 0.00100. The molecule has 0 aliphatic carbocycles. The summed E-state index contributed by atoms with van der Waals surface area (Å²) in [6.45, 7) is 4.69. The van der Waals surface area contributed by atoms with Crippen LogP contribution in [0.4, 0.5) is 5.69 Å². The van der Waals surface area contributed by atoms with E-state index in [-0.39, 0.29) is 11.8 Å². The minimum Gasteiger partial charge on any atom is -0.325 e. The highest BCUT2D eigenvalue weighted by Crippen LogP contribution is 2.28. The number of aryl methyl sites for hydroxylation is 1. The number of nitrogens with zero attached hydrogens (tertiary/aromatic N) is 4. The molecule has 4 aromatic rings. The Labute approximate surface area is 196 Å². The van der Waals surface area contributed by atoms with E-state index in [4.69, 9.17) is 0 Å². The number of likely N-dealkylation sites (tertiary alicyclic amines) is 1. The largest absolute Gasteiger partial charge is 0.325 e. The highest BCUT2D eigenvalue weighted by molar-refractivity contribution is 7.09. The third kappa shape index (κ3) is 5.02. The number of benzene rings is 2. The van der Waals surface area contributed by atoms with Crippen LogP contribution in [0.25, 0.3) is 22.8 Å². The molecule has 0 saturated carbocycles. The van der Waals surface area contributed by atoms with E-state index in [1.165, 1.54) is 0 Å². The standard InChI is InChI=1S/C25H26N6OS/c1-17-26-20(16-33-17)15-31-13-11-19(12-14-31)25(32)27-22-10-6-5-9-21(22)24-28-23(29-30-24)18-7-3-2-4-8-18/h2-10,16,19H,11-15H2,1H3,(H,27,32)(H,28,29,30). The van der Waals surface area contributed by atoms with Gasteiger partial charge in [0.1, 0.15) is 0 Å². The lowest BCUT2D eigenvalue weighted by Gasteiger charge is -2.30. The number of anilines is 1. The summed E-state index contributed by atoms with van der Waals surface area (Å²) < 4.78 is 0. The van der Waals surface area contributed by atoms with Gasteiger partial charge in [-0.25, -0.2) is 9.97 Å². The number of piperidine rings is 1. The molecule has 0 radical (unpaired) electrons. The summed E-state index contributed by atoms with van der Waals surface area (Å²) in [6.07, 6.45) is 1.69. The van der Waals surface area contributed by atoms with Crippen molar-refractivity contribution in [2.24, 2.45) is 5.92 Å². The Morgan fingerprint density at radius 2 is 1.85 bits per heavy atom. The van der Waals surface area contributed by atoms with E-state index in [1.807, 2.05) is 61.5 Å². The number of aromatic nitrogens is 4. The molecule has 2 aromatic carbocycles. The first-order valence-electron chi connectivity index (χ1n) is 11.2. The number of carbonyl (C=O) groups is 1. The fraction of sp³-hybridized carbons (Fsp3) is 0.280. The third-order valence-corrected chi connectivity index (χ3v) is 6.79. The van der Waals surface area contributed by atoms with Gasteiger partial charge in [-0.15, -0.1) is 11.3 Å². The Morgan fingerprint density at radius 3 is 2.61 bits per heavy atom. The molecule has 1 amide bonds. The maximum atomic E-state index is 13.1. The van der Waals surface area contributed by atoms with E-state index in [9.17, 15) is 4.79 Å². The molecule has 33 heavy (non-hydrogen) atoms. The number of hydrogen-bond donors (Lipinski definition) is 2. The summed E-state index contributed by atoms with van der Waals surface area (Å²) in [5, 5.41) is 13.7. The zero-order valence-electron chi connectivity index (χ0n) is 18.5. The van der Waals surface area contributed by atoms with E-state index in [2.05, 4.69) is 35.8 Å². The number of carbonyl (C=O) groups excluding carboxylic acids is 1. The lowest BCUT2D eigenvalue weighted by atomic mass is 9.95. The van der Waals surface area contributed by atoms with Gasteiger partial charge in [-0.2, -0.15) is 5.10 Å². The van der Waals surface area contributed by atoms with Gasteiger partial charge < -0.3 is 5.32 Å². The zero-order chi connectivity index (χ0) is 22.6. The van der Waals surface area contributed by atoms with Crippen LogP contribution in [-0.2, 0) is 11.3 Å². The number of aromatic amines is 1. The second kappa shape index (κ2) is 9.64. The van der Waals surface area contributed by atoms with Gasteiger partial charge in [0.15, 0.2) is 11.6 Å². The van der Waals surface area contributed by atoms with Gasteiger partial charge in [0, 0.05) is 29.0 Å². The van der Waals surface area contributed by atoms with Crippen molar-refractivity contribution in [2.45, 2.75) is 26.3 Å². The van der Waals surface area contributed by atoms with Gasteiger partial charge >= 0.3 is 0 Å². The molecule has 0 bridgehead atoms. The van der Waals surface area contributed by atoms with Crippen LogP contribution in [-0.4, -0.2) is 44.1 Å². The summed E-state index contributed by atoms with van der Waals surface area (Å²) in [7, 11) is 0. The van der Waals surface area contributed by atoms with Crippen LogP contribution in [0.2, 0.25) is 0 Å². The maximum Gasteiger partial charge on any atom is 0.227 e. The summed E-state index contributed by atoms with van der Waals surface area (Å²) >= 11 is 1.69. The Bertz CT molecular complexity index is 1230. The molecular formula is C25H26N6OS. The molecule has 5 rings (SSSR count). The molecule has 1 aliphatic heterocycles. The molecule has 168 valence electrons. The zero-order valence-corrected chi connectivity index (χ0v) is 19.3. The van der Waals surface area contributed by atoms with Crippen LogP contribution >= 0.6 is 11.3 Å². The summed E-state index contributed by atoms with van der Waals surface area (Å²) in [5.41, 5.74) is 3.65. The average Bonchev–Trinajstić information content (AvgIpc) is 3.50. The monoisotopic (exact) mass is 458 g/mol. The molecule has 2 N–H and O–H groups in total. The molecule has 1 aliphatic rings. The lowest BCUT2D eigenvalue weighted by molar-refractivity contribution is -0.121. The second-order valence-electron chi connectivity index (χ2n) is 8.32. The van der Waals surface area contributed by atoms with Crippen LogP contribution in [0.3, 0.4) is 0 Å². The van der Waals surface area contributed by atoms with Crippen molar-refractivity contribution in [3.8, 4) is 22.8 Å².